The lowest BCUT2D eigenvalue weighted by atomic mass is 10.1. The third kappa shape index (κ3) is 3.64. The van der Waals surface area contributed by atoms with Crippen LogP contribution in [0.3, 0.4) is 0 Å². The van der Waals surface area contributed by atoms with E-state index in [9.17, 15) is 4.79 Å². The maximum Gasteiger partial charge on any atom is 0.236 e. The van der Waals surface area contributed by atoms with Crippen molar-refractivity contribution >= 4 is 5.91 Å². The Kier molecular flexibility index (Phi) is 4.35. The number of carbonyl (C=O) groups is 1. The largest absolute Gasteiger partial charge is 0.348 e. The van der Waals surface area contributed by atoms with Gasteiger partial charge in [-0.15, -0.1) is 0 Å². The summed E-state index contributed by atoms with van der Waals surface area (Å²) in [5.41, 5.74) is 5.87. The number of nitrogens with zero attached hydrogens (tertiary/aromatic N) is 2. The number of likely N-dealkylation sites (tertiary alicyclic amines) is 1. The van der Waals surface area contributed by atoms with Crippen molar-refractivity contribution in [2.75, 3.05) is 33.7 Å². The average Bonchev–Trinajstić information content (AvgIpc) is 2.31. The predicted octanol–water partition coefficient (Wildman–Crippen LogP) is -0.112. The average molecular weight is 199 g/mol. The van der Waals surface area contributed by atoms with Crippen molar-refractivity contribution in [2.24, 2.45) is 5.73 Å². The van der Waals surface area contributed by atoms with E-state index < -0.39 is 0 Å². The predicted molar refractivity (Wildman–Crippen MR) is 57.0 cm³/mol. The van der Waals surface area contributed by atoms with Crippen molar-refractivity contribution in [3.8, 4) is 0 Å². The lowest BCUT2D eigenvalue weighted by molar-refractivity contribution is -0.129. The molecule has 0 spiro atoms. The lowest BCUT2D eigenvalue weighted by Gasteiger charge is -2.21. The summed E-state index contributed by atoms with van der Waals surface area (Å²) in [7, 11) is 3.60. The molecule has 0 aliphatic carbocycles. The molecular formula is C10H21N3O. The summed E-state index contributed by atoms with van der Waals surface area (Å²) in [6.07, 6.45) is 3.22. The number of nitrogens with two attached hydrogens (primary N) is 1. The summed E-state index contributed by atoms with van der Waals surface area (Å²) >= 11 is 0. The third-order valence-corrected chi connectivity index (χ3v) is 2.72. The summed E-state index contributed by atoms with van der Waals surface area (Å²) in [5.74, 6) is 0.181. The molecule has 1 atom stereocenters. The smallest absolute Gasteiger partial charge is 0.236 e. The monoisotopic (exact) mass is 199 g/mol. The highest BCUT2D eigenvalue weighted by molar-refractivity contribution is 5.77. The summed E-state index contributed by atoms with van der Waals surface area (Å²) in [6, 6.07) is 0.328. The van der Waals surface area contributed by atoms with Gasteiger partial charge >= 0.3 is 0 Å². The first-order chi connectivity index (χ1) is 6.59. The Labute approximate surface area is 86.0 Å². The first-order valence-electron chi connectivity index (χ1n) is 5.27. The minimum absolute atomic E-state index is 0.181. The van der Waals surface area contributed by atoms with Crippen LogP contribution in [0.1, 0.15) is 19.3 Å². The Bertz CT molecular complexity index is 194. The van der Waals surface area contributed by atoms with Crippen molar-refractivity contribution in [3.05, 3.63) is 0 Å². The van der Waals surface area contributed by atoms with E-state index in [1.54, 1.807) is 19.0 Å². The van der Waals surface area contributed by atoms with Crippen LogP contribution < -0.4 is 5.73 Å². The molecule has 1 fully saturated rings. The van der Waals surface area contributed by atoms with Crippen LogP contribution in [0, 0.1) is 0 Å². The van der Waals surface area contributed by atoms with Gasteiger partial charge in [0.2, 0.25) is 5.91 Å². The Morgan fingerprint density at radius 1 is 1.43 bits per heavy atom. The zero-order valence-corrected chi connectivity index (χ0v) is 9.20. The Balaban J connectivity index is 2.33. The lowest BCUT2D eigenvalue weighted by Crippen LogP contribution is -2.37. The second-order valence-corrected chi connectivity index (χ2v) is 4.26. The van der Waals surface area contributed by atoms with Crippen LogP contribution in [0.4, 0.5) is 0 Å². The third-order valence-electron chi connectivity index (χ3n) is 2.72. The van der Waals surface area contributed by atoms with Gasteiger partial charge in [0.25, 0.3) is 0 Å². The van der Waals surface area contributed by atoms with Gasteiger partial charge in [-0.25, -0.2) is 0 Å². The zero-order valence-electron chi connectivity index (χ0n) is 9.20. The first kappa shape index (κ1) is 11.5. The molecule has 1 saturated heterocycles. The van der Waals surface area contributed by atoms with Crippen molar-refractivity contribution in [2.45, 2.75) is 25.3 Å². The topological polar surface area (TPSA) is 49.6 Å². The van der Waals surface area contributed by atoms with Gasteiger partial charge in [-0.3, -0.25) is 9.69 Å². The fourth-order valence-electron chi connectivity index (χ4n) is 1.67. The molecule has 1 unspecified atom stereocenters. The summed E-state index contributed by atoms with van der Waals surface area (Å²) in [6.45, 7) is 2.51. The minimum Gasteiger partial charge on any atom is -0.348 e. The van der Waals surface area contributed by atoms with Crippen molar-refractivity contribution in [3.63, 3.8) is 0 Å². The molecule has 4 heteroatoms. The molecular weight excluding hydrogens is 178 g/mol. The SMILES string of the molecule is CN(C)C(=O)CN1CCCC(N)CC1. The number of carbonyl (C=O) groups excluding carboxylic acids is 1. The molecule has 0 bridgehead atoms. The van der Waals surface area contributed by atoms with E-state index in [-0.39, 0.29) is 5.91 Å². The van der Waals surface area contributed by atoms with Crippen LogP contribution in [-0.4, -0.2) is 55.5 Å². The second kappa shape index (κ2) is 5.32. The Morgan fingerprint density at radius 2 is 2.14 bits per heavy atom. The molecule has 0 aromatic rings. The number of hydrogen-bond donors (Lipinski definition) is 1. The second-order valence-electron chi connectivity index (χ2n) is 4.26. The zero-order chi connectivity index (χ0) is 10.6. The maximum atomic E-state index is 11.5. The summed E-state index contributed by atoms with van der Waals surface area (Å²) < 4.78 is 0. The van der Waals surface area contributed by atoms with Gasteiger partial charge in [-0.05, 0) is 25.8 Å². The Morgan fingerprint density at radius 3 is 2.79 bits per heavy atom. The number of likely N-dealkylation sites (N-methyl/N-ethyl adjacent to an activating group) is 1. The van der Waals surface area contributed by atoms with Gasteiger partial charge in [0.1, 0.15) is 0 Å². The quantitative estimate of drug-likeness (QED) is 0.675. The molecule has 2 N–H and O–H groups in total. The highest BCUT2D eigenvalue weighted by Crippen LogP contribution is 2.08. The highest BCUT2D eigenvalue weighted by atomic mass is 16.2. The molecule has 1 rings (SSSR count). The highest BCUT2D eigenvalue weighted by Gasteiger charge is 2.16. The van der Waals surface area contributed by atoms with E-state index in [1.807, 2.05) is 0 Å². The summed E-state index contributed by atoms with van der Waals surface area (Å²) in [4.78, 5) is 15.3. The van der Waals surface area contributed by atoms with E-state index in [0.717, 1.165) is 32.4 Å². The number of hydrogen-bond acceptors (Lipinski definition) is 3. The summed E-state index contributed by atoms with van der Waals surface area (Å²) in [5, 5.41) is 0. The van der Waals surface area contributed by atoms with Crippen LogP contribution in [0.25, 0.3) is 0 Å². The van der Waals surface area contributed by atoms with Crippen LogP contribution in [0.15, 0.2) is 0 Å². The molecule has 1 amide bonds. The molecule has 0 aromatic heterocycles. The maximum absolute atomic E-state index is 11.5. The first-order valence-corrected chi connectivity index (χ1v) is 5.27. The van der Waals surface area contributed by atoms with Gasteiger partial charge in [0, 0.05) is 26.7 Å². The van der Waals surface area contributed by atoms with Crippen LogP contribution in [0.2, 0.25) is 0 Å². The van der Waals surface area contributed by atoms with Crippen LogP contribution in [0.5, 0.6) is 0 Å². The molecule has 1 aliphatic heterocycles. The molecule has 0 aromatic carbocycles. The number of amides is 1. The fraction of sp³-hybridized carbons (Fsp3) is 0.900. The fourth-order valence-corrected chi connectivity index (χ4v) is 1.67. The molecule has 82 valence electrons. The van der Waals surface area contributed by atoms with E-state index in [4.69, 9.17) is 5.73 Å². The number of rotatable bonds is 2. The van der Waals surface area contributed by atoms with E-state index in [0.29, 0.717) is 12.6 Å². The van der Waals surface area contributed by atoms with E-state index in [1.165, 1.54) is 0 Å². The van der Waals surface area contributed by atoms with E-state index >= 15 is 0 Å². The van der Waals surface area contributed by atoms with Crippen molar-refractivity contribution in [1.29, 1.82) is 0 Å². The van der Waals surface area contributed by atoms with Gasteiger partial charge in [0.15, 0.2) is 0 Å². The van der Waals surface area contributed by atoms with Crippen LogP contribution in [-0.2, 0) is 4.79 Å². The van der Waals surface area contributed by atoms with E-state index in [2.05, 4.69) is 4.90 Å². The van der Waals surface area contributed by atoms with Crippen LogP contribution >= 0.6 is 0 Å². The molecule has 0 saturated carbocycles. The normalized spacial score (nSPS) is 24.4. The van der Waals surface area contributed by atoms with Gasteiger partial charge in [-0.2, -0.15) is 0 Å². The minimum atomic E-state index is 0.181. The molecule has 4 nitrogen and oxygen atoms in total. The van der Waals surface area contributed by atoms with Gasteiger partial charge in [-0.1, -0.05) is 0 Å². The van der Waals surface area contributed by atoms with Crippen molar-refractivity contribution in [1.82, 2.24) is 9.80 Å². The van der Waals surface area contributed by atoms with Crippen molar-refractivity contribution < 1.29 is 4.79 Å². The molecule has 1 heterocycles. The standard InChI is InChI=1S/C10H21N3O/c1-12(2)10(14)8-13-6-3-4-9(11)5-7-13/h9H,3-8,11H2,1-2H3. The van der Waals surface area contributed by atoms with Gasteiger partial charge in [0.05, 0.1) is 6.54 Å². The Hall–Kier alpha value is -0.610. The molecule has 1 aliphatic rings. The molecule has 0 radical (unpaired) electrons. The molecule has 14 heavy (non-hydrogen) atoms. The van der Waals surface area contributed by atoms with Gasteiger partial charge < -0.3 is 10.6 Å².